The lowest BCUT2D eigenvalue weighted by Gasteiger charge is -2.26. The van der Waals surface area contributed by atoms with Gasteiger partial charge in [-0.2, -0.15) is 0 Å². The van der Waals surface area contributed by atoms with Crippen LogP contribution in [0.3, 0.4) is 0 Å². The van der Waals surface area contributed by atoms with E-state index in [9.17, 15) is 9.18 Å². The van der Waals surface area contributed by atoms with Crippen molar-refractivity contribution in [3.8, 4) is 5.75 Å². The molecule has 0 aliphatic heterocycles. The second-order valence-electron chi connectivity index (χ2n) is 5.82. The third kappa shape index (κ3) is 6.75. The van der Waals surface area contributed by atoms with Gasteiger partial charge in [-0.25, -0.2) is 4.39 Å². The second kappa shape index (κ2) is 10.4. The predicted octanol–water partition coefficient (Wildman–Crippen LogP) is 4.03. The number of anilines is 1. The Kier molecular flexibility index (Phi) is 8.95. The van der Waals surface area contributed by atoms with Crippen molar-refractivity contribution in [2.24, 2.45) is 5.73 Å². The van der Waals surface area contributed by atoms with Crippen LogP contribution in [0.2, 0.25) is 0 Å². The Bertz CT molecular complexity index is 495. The highest BCUT2D eigenvalue weighted by atomic mass is 35.5. The summed E-state index contributed by atoms with van der Waals surface area (Å²) in [7, 11) is 0. The van der Waals surface area contributed by atoms with Crippen LogP contribution in [0.4, 0.5) is 10.1 Å². The largest absolute Gasteiger partial charge is 0.487 e. The number of benzene rings is 1. The van der Waals surface area contributed by atoms with E-state index in [4.69, 9.17) is 10.5 Å². The zero-order valence-corrected chi connectivity index (χ0v) is 14.2. The second-order valence-corrected chi connectivity index (χ2v) is 5.82. The lowest BCUT2D eigenvalue weighted by atomic mass is 9.96. The number of carbonyl (C=O) groups is 1. The molecular weight excluding hydrogens is 319 g/mol. The van der Waals surface area contributed by atoms with Gasteiger partial charge in [-0.1, -0.05) is 12.8 Å². The highest BCUT2D eigenvalue weighted by Gasteiger charge is 2.20. The van der Waals surface area contributed by atoms with E-state index in [0.29, 0.717) is 18.7 Å². The standard InChI is InChI=1S/C17H25FN2O2.ClH/c18-15-12-13(9-10-16(15)22-14-6-5-7-14)20-17(21)8-3-1-2-4-11-19;/h9-10,12,14H,1-8,11,19H2,(H,20,21);1H. The number of carbonyl (C=O) groups excluding carboxylic acids is 1. The fraction of sp³-hybridized carbons (Fsp3) is 0.588. The molecule has 0 aromatic heterocycles. The Morgan fingerprint density at radius 3 is 2.61 bits per heavy atom. The van der Waals surface area contributed by atoms with Gasteiger partial charge in [0, 0.05) is 18.2 Å². The fourth-order valence-electron chi connectivity index (χ4n) is 2.35. The van der Waals surface area contributed by atoms with Crippen molar-refractivity contribution in [2.75, 3.05) is 11.9 Å². The highest BCUT2D eigenvalue weighted by molar-refractivity contribution is 5.90. The number of hydrogen-bond acceptors (Lipinski definition) is 3. The molecule has 1 fully saturated rings. The zero-order valence-electron chi connectivity index (χ0n) is 13.4. The summed E-state index contributed by atoms with van der Waals surface area (Å²) in [5, 5.41) is 2.72. The van der Waals surface area contributed by atoms with Gasteiger partial charge in [0.05, 0.1) is 6.10 Å². The number of hydrogen-bond donors (Lipinski definition) is 2. The lowest BCUT2D eigenvalue weighted by Crippen LogP contribution is -2.25. The summed E-state index contributed by atoms with van der Waals surface area (Å²) in [6.45, 7) is 0.695. The molecule has 6 heteroatoms. The first kappa shape index (κ1) is 19.7. The van der Waals surface area contributed by atoms with E-state index >= 15 is 0 Å². The monoisotopic (exact) mass is 344 g/mol. The normalized spacial score (nSPS) is 13.8. The van der Waals surface area contributed by atoms with Gasteiger partial charge in [0.25, 0.3) is 0 Å². The third-order valence-electron chi connectivity index (χ3n) is 3.92. The Hall–Kier alpha value is -1.33. The van der Waals surface area contributed by atoms with E-state index in [1.807, 2.05) is 0 Å². The number of nitrogens with one attached hydrogen (secondary N) is 1. The van der Waals surface area contributed by atoms with Crippen LogP contribution in [-0.4, -0.2) is 18.6 Å². The molecule has 1 aromatic rings. The van der Waals surface area contributed by atoms with Crippen molar-refractivity contribution in [3.05, 3.63) is 24.0 Å². The number of halogens is 2. The summed E-state index contributed by atoms with van der Waals surface area (Å²) >= 11 is 0. The molecule has 1 saturated carbocycles. The van der Waals surface area contributed by atoms with Gasteiger partial charge in [0.2, 0.25) is 5.91 Å². The molecule has 23 heavy (non-hydrogen) atoms. The molecule has 0 radical (unpaired) electrons. The van der Waals surface area contributed by atoms with Crippen molar-refractivity contribution in [1.29, 1.82) is 0 Å². The molecular formula is C17H26ClFN2O2. The molecule has 0 spiro atoms. The maximum Gasteiger partial charge on any atom is 0.224 e. The van der Waals surface area contributed by atoms with Crippen LogP contribution in [0.1, 0.15) is 51.4 Å². The van der Waals surface area contributed by atoms with E-state index in [2.05, 4.69) is 5.32 Å². The molecule has 2 rings (SSSR count). The predicted molar refractivity (Wildman–Crippen MR) is 92.7 cm³/mol. The summed E-state index contributed by atoms with van der Waals surface area (Å²) in [6.07, 6.45) is 7.58. The quantitative estimate of drug-likeness (QED) is 0.665. The third-order valence-corrected chi connectivity index (χ3v) is 3.92. The van der Waals surface area contributed by atoms with Crippen molar-refractivity contribution >= 4 is 24.0 Å². The average Bonchev–Trinajstić information content (AvgIpc) is 2.44. The molecule has 1 aromatic carbocycles. The first-order valence-electron chi connectivity index (χ1n) is 8.15. The Labute approximate surface area is 143 Å². The Balaban J connectivity index is 0.00000264. The van der Waals surface area contributed by atoms with E-state index in [1.54, 1.807) is 12.1 Å². The van der Waals surface area contributed by atoms with Crippen LogP contribution in [0.15, 0.2) is 18.2 Å². The van der Waals surface area contributed by atoms with Crippen LogP contribution in [0, 0.1) is 5.82 Å². The minimum Gasteiger partial charge on any atom is -0.487 e. The van der Waals surface area contributed by atoms with Crippen molar-refractivity contribution in [3.63, 3.8) is 0 Å². The van der Waals surface area contributed by atoms with Crippen LogP contribution in [0.5, 0.6) is 5.75 Å². The van der Waals surface area contributed by atoms with E-state index in [1.165, 1.54) is 6.07 Å². The molecule has 130 valence electrons. The highest BCUT2D eigenvalue weighted by Crippen LogP contribution is 2.28. The first-order chi connectivity index (χ1) is 10.7. The molecule has 0 unspecified atom stereocenters. The summed E-state index contributed by atoms with van der Waals surface area (Å²) < 4.78 is 19.5. The van der Waals surface area contributed by atoms with Crippen LogP contribution < -0.4 is 15.8 Å². The number of amides is 1. The number of unbranched alkanes of at least 4 members (excludes halogenated alkanes) is 3. The van der Waals surface area contributed by atoms with Gasteiger partial charge in [-0.15, -0.1) is 12.4 Å². The summed E-state index contributed by atoms with van der Waals surface area (Å²) in [4.78, 5) is 11.8. The van der Waals surface area contributed by atoms with Gasteiger partial charge in [0.15, 0.2) is 11.6 Å². The topological polar surface area (TPSA) is 64.4 Å². The minimum absolute atomic E-state index is 0. The van der Waals surface area contributed by atoms with E-state index < -0.39 is 5.82 Å². The van der Waals surface area contributed by atoms with Crippen molar-refractivity contribution in [1.82, 2.24) is 0 Å². The fourth-order valence-corrected chi connectivity index (χ4v) is 2.35. The summed E-state index contributed by atoms with van der Waals surface area (Å²) in [5.41, 5.74) is 5.89. The van der Waals surface area contributed by atoms with Gasteiger partial charge < -0.3 is 15.8 Å². The van der Waals surface area contributed by atoms with Crippen LogP contribution in [0.25, 0.3) is 0 Å². The summed E-state index contributed by atoms with van der Waals surface area (Å²) in [5.74, 6) is -0.239. The molecule has 1 aliphatic rings. The number of nitrogens with two attached hydrogens (primary N) is 1. The smallest absolute Gasteiger partial charge is 0.224 e. The molecule has 3 N–H and O–H groups in total. The average molecular weight is 345 g/mol. The Morgan fingerprint density at radius 1 is 1.26 bits per heavy atom. The zero-order chi connectivity index (χ0) is 15.8. The molecule has 0 heterocycles. The van der Waals surface area contributed by atoms with Gasteiger partial charge >= 0.3 is 0 Å². The maximum absolute atomic E-state index is 13.9. The Morgan fingerprint density at radius 2 is 2.00 bits per heavy atom. The van der Waals surface area contributed by atoms with Gasteiger partial charge in [-0.05, 0) is 50.8 Å². The molecule has 1 amide bonds. The minimum atomic E-state index is -0.423. The van der Waals surface area contributed by atoms with E-state index in [-0.39, 0.29) is 30.2 Å². The molecule has 1 aliphatic carbocycles. The SMILES string of the molecule is Cl.NCCCCCCC(=O)Nc1ccc(OC2CCC2)c(F)c1. The van der Waals surface area contributed by atoms with Crippen molar-refractivity contribution < 1.29 is 13.9 Å². The van der Waals surface area contributed by atoms with Gasteiger partial charge in [-0.3, -0.25) is 4.79 Å². The number of rotatable bonds is 9. The maximum atomic E-state index is 13.9. The lowest BCUT2D eigenvalue weighted by molar-refractivity contribution is -0.116. The summed E-state index contributed by atoms with van der Waals surface area (Å²) in [6, 6.07) is 4.59. The number of ether oxygens (including phenoxy) is 1. The van der Waals surface area contributed by atoms with Crippen molar-refractivity contribution in [2.45, 2.75) is 57.5 Å². The van der Waals surface area contributed by atoms with E-state index in [0.717, 1.165) is 44.9 Å². The first-order valence-corrected chi connectivity index (χ1v) is 8.15. The van der Waals surface area contributed by atoms with Crippen LogP contribution in [-0.2, 0) is 4.79 Å². The molecule has 0 atom stereocenters. The van der Waals surface area contributed by atoms with Crippen LogP contribution >= 0.6 is 12.4 Å². The molecule has 4 nitrogen and oxygen atoms in total. The molecule has 0 saturated heterocycles. The molecule has 0 bridgehead atoms. The van der Waals surface area contributed by atoms with Gasteiger partial charge in [0.1, 0.15) is 0 Å².